The van der Waals surface area contributed by atoms with E-state index in [9.17, 15) is 9.59 Å². The van der Waals surface area contributed by atoms with Crippen molar-refractivity contribution in [3.8, 4) is 6.07 Å². The van der Waals surface area contributed by atoms with Crippen molar-refractivity contribution < 1.29 is 14.3 Å². The molecule has 10 heteroatoms. The molecule has 1 aromatic heterocycles. The quantitative estimate of drug-likeness (QED) is 0.478. The highest BCUT2D eigenvalue weighted by molar-refractivity contribution is 6.31. The fourth-order valence-corrected chi connectivity index (χ4v) is 2.65. The maximum Gasteiger partial charge on any atom is 0.357 e. The Kier molecular flexibility index (Phi) is 6.52. The Bertz CT molecular complexity index is 1150. The van der Waals surface area contributed by atoms with Gasteiger partial charge in [-0.15, -0.1) is 5.10 Å². The van der Waals surface area contributed by atoms with Gasteiger partial charge in [-0.25, -0.2) is 4.79 Å². The van der Waals surface area contributed by atoms with Gasteiger partial charge in [-0.05, 0) is 47.2 Å². The Morgan fingerprint density at radius 2 is 2.03 bits per heavy atom. The van der Waals surface area contributed by atoms with E-state index in [1.807, 2.05) is 24.3 Å². The number of nitriles is 1. The number of carbonyl (C=O) groups excluding carboxylic acids is 2. The van der Waals surface area contributed by atoms with Crippen LogP contribution in [0.3, 0.4) is 0 Å². The summed E-state index contributed by atoms with van der Waals surface area (Å²) in [6.45, 7) is 1.05. The van der Waals surface area contributed by atoms with Crippen molar-refractivity contribution in [2.45, 2.75) is 6.92 Å². The predicted molar refractivity (Wildman–Crippen MR) is 109 cm³/mol. The van der Waals surface area contributed by atoms with Crippen molar-refractivity contribution >= 4 is 40.9 Å². The second-order valence-electron chi connectivity index (χ2n) is 6.00. The first-order valence-corrected chi connectivity index (χ1v) is 9.04. The van der Waals surface area contributed by atoms with Crippen molar-refractivity contribution in [2.24, 2.45) is 0 Å². The van der Waals surface area contributed by atoms with Crippen LogP contribution in [0.5, 0.6) is 0 Å². The maximum atomic E-state index is 12.7. The number of nitrogens with one attached hydrogen (secondary N) is 1. The Balaban J connectivity index is 1.75. The molecule has 0 saturated carbocycles. The van der Waals surface area contributed by atoms with E-state index in [4.69, 9.17) is 21.6 Å². The number of aromatic nitrogens is 4. The van der Waals surface area contributed by atoms with Gasteiger partial charge >= 0.3 is 5.97 Å². The van der Waals surface area contributed by atoms with E-state index in [1.165, 1.54) is 22.9 Å². The van der Waals surface area contributed by atoms with Gasteiger partial charge in [-0.2, -0.15) is 9.94 Å². The lowest BCUT2D eigenvalue weighted by molar-refractivity contribution is -0.141. The molecule has 0 saturated heterocycles. The summed E-state index contributed by atoms with van der Waals surface area (Å²) in [6.07, 6.45) is 1.55. The van der Waals surface area contributed by atoms with Gasteiger partial charge in [0.2, 0.25) is 0 Å². The monoisotopic (exact) mass is 422 g/mol. The molecular formula is C20H15ClN6O3. The highest BCUT2D eigenvalue weighted by atomic mass is 35.5. The number of carbonyl (C=O) groups is 2. The van der Waals surface area contributed by atoms with E-state index < -0.39 is 18.5 Å². The topological polar surface area (TPSA) is 123 Å². The van der Waals surface area contributed by atoms with Gasteiger partial charge < -0.3 is 10.1 Å². The molecule has 1 heterocycles. The van der Waals surface area contributed by atoms with Crippen molar-refractivity contribution in [3.63, 3.8) is 0 Å². The van der Waals surface area contributed by atoms with E-state index in [0.717, 1.165) is 5.56 Å². The third-order valence-corrected chi connectivity index (χ3v) is 4.11. The third kappa shape index (κ3) is 5.06. The summed E-state index contributed by atoms with van der Waals surface area (Å²) < 4.78 is 6.36. The van der Waals surface area contributed by atoms with Gasteiger partial charge in [0.1, 0.15) is 6.07 Å². The molecule has 3 rings (SSSR count). The first kappa shape index (κ1) is 20.7. The standard InChI is InChI=1S/C20H15ClN6O3/c1-13-24-25-26-27(13)18(9-14-5-3-2-4-6-14)20(29)30-12-19(28)23-17-10-16(21)8-7-15(17)11-22/h2-10H,12H2,1H3,(H,23,28)/b18-9+. The minimum absolute atomic E-state index is 0.0389. The fourth-order valence-electron chi connectivity index (χ4n) is 2.48. The van der Waals surface area contributed by atoms with Crippen LogP contribution in [-0.4, -0.2) is 38.7 Å². The van der Waals surface area contributed by atoms with E-state index in [1.54, 1.807) is 25.1 Å². The Labute approximate surface area is 176 Å². The average molecular weight is 423 g/mol. The molecular weight excluding hydrogens is 408 g/mol. The Hall–Kier alpha value is -4.03. The minimum Gasteiger partial charge on any atom is -0.451 e. The molecule has 0 atom stereocenters. The zero-order valence-electron chi connectivity index (χ0n) is 15.7. The molecule has 30 heavy (non-hydrogen) atoms. The summed E-state index contributed by atoms with van der Waals surface area (Å²) in [6, 6.07) is 15.4. The lowest BCUT2D eigenvalue weighted by Crippen LogP contribution is -2.23. The van der Waals surface area contributed by atoms with E-state index >= 15 is 0 Å². The van der Waals surface area contributed by atoms with Crippen LogP contribution in [0.25, 0.3) is 11.8 Å². The van der Waals surface area contributed by atoms with Crippen LogP contribution < -0.4 is 5.32 Å². The highest BCUT2D eigenvalue weighted by Gasteiger charge is 2.19. The normalized spacial score (nSPS) is 10.9. The molecule has 0 spiro atoms. The molecule has 3 aromatic rings. The summed E-state index contributed by atoms with van der Waals surface area (Å²) in [5.74, 6) is -1.05. The molecule has 0 aliphatic carbocycles. The van der Waals surface area contributed by atoms with Gasteiger partial charge in [0.05, 0.1) is 11.3 Å². The predicted octanol–water partition coefficient (Wildman–Crippen LogP) is 2.69. The van der Waals surface area contributed by atoms with Crippen molar-refractivity contribution in [2.75, 3.05) is 11.9 Å². The molecule has 9 nitrogen and oxygen atoms in total. The van der Waals surface area contributed by atoms with E-state index in [0.29, 0.717) is 10.8 Å². The molecule has 0 unspecified atom stereocenters. The number of halogens is 1. The number of tetrazole rings is 1. The van der Waals surface area contributed by atoms with Crippen molar-refractivity contribution in [1.29, 1.82) is 5.26 Å². The van der Waals surface area contributed by atoms with Crippen LogP contribution in [-0.2, 0) is 14.3 Å². The number of hydrogen-bond acceptors (Lipinski definition) is 7. The molecule has 0 fully saturated rings. The summed E-state index contributed by atoms with van der Waals surface area (Å²) in [5.41, 5.74) is 1.22. The SMILES string of the molecule is Cc1nnnn1/C(=C/c1ccccc1)C(=O)OCC(=O)Nc1cc(Cl)ccc1C#N. The number of rotatable bonds is 6. The molecule has 1 N–H and O–H groups in total. The molecule has 150 valence electrons. The van der Waals surface area contributed by atoms with Crippen molar-refractivity contribution in [3.05, 3.63) is 70.5 Å². The first-order chi connectivity index (χ1) is 14.5. The summed E-state index contributed by atoms with van der Waals surface area (Å²) in [7, 11) is 0. The van der Waals surface area contributed by atoms with Crippen LogP contribution in [0.2, 0.25) is 5.02 Å². The zero-order valence-corrected chi connectivity index (χ0v) is 16.5. The highest BCUT2D eigenvalue weighted by Crippen LogP contribution is 2.20. The van der Waals surface area contributed by atoms with Gasteiger partial charge in [0, 0.05) is 5.02 Å². The molecule has 1 amide bonds. The molecule has 0 aliphatic rings. The fraction of sp³-hybridized carbons (Fsp3) is 0.100. The van der Waals surface area contributed by atoms with Crippen LogP contribution in [0.4, 0.5) is 5.69 Å². The van der Waals surface area contributed by atoms with Crippen LogP contribution in [0, 0.1) is 18.3 Å². The van der Waals surface area contributed by atoms with Crippen LogP contribution in [0.1, 0.15) is 17.0 Å². The minimum atomic E-state index is -0.795. The maximum absolute atomic E-state index is 12.7. The van der Waals surface area contributed by atoms with Gasteiger partial charge in [-0.1, -0.05) is 41.9 Å². The van der Waals surface area contributed by atoms with Gasteiger partial charge in [0.15, 0.2) is 18.1 Å². The molecule has 2 aromatic carbocycles. The number of esters is 1. The van der Waals surface area contributed by atoms with E-state index in [2.05, 4.69) is 20.8 Å². The lowest BCUT2D eigenvalue weighted by Gasteiger charge is -2.10. The second-order valence-corrected chi connectivity index (χ2v) is 6.44. The van der Waals surface area contributed by atoms with E-state index in [-0.39, 0.29) is 16.9 Å². The Morgan fingerprint density at radius 1 is 1.27 bits per heavy atom. The molecule has 0 radical (unpaired) electrons. The lowest BCUT2D eigenvalue weighted by atomic mass is 10.2. The smallest absolute Gasteiger partial charge is 0.357 e. The molecule has 0 bridgehead atoms. The second kappa shape index (κ2) is 9.45. The number of amides is 1. The van der Waals surface area contributed by atoms with Gasteiger partial charge in [0.25, 0.3) is 5.91 Å². The average Bonchev–Trinajstić information content (AvgIpc) is 3.16. The van der Waals surface area contributed by atoms with Crippen molar-refractivity contribution in [1.82, 2.24) is 20.2 Å². The zero-order chi connectivity index (χ0) is 21.5. The number of anilines is 1. The number of nitrogens with zero attached hydrogens (tertiary/aromatic N) is 5. The Morgan fingerprint density at radius 3 is 2.70 bits per heavy atom. The number of aryl methyl sites for hydroxylation is 1. The molecule has 0 aliphatic heterocycles. The third-order valence-electron chi connectivity index (χ3n) is 3.88. The van der Waals surface area contributed by atoms with Gasteiger partial charge in [-0.3, -0.25) is 4.79 Å². The number of ether oxygens (including phenoxy) is 1. The number of benzene rings is 2. The summed E-state index contributed by atoms with van der Waals surface area (Å²) in [5, 5.41) is 23.1. The largest absolute Gasteiger partial charge is 0.451 e. The van der Waals surface area contributed by atoms with Crippen LogP contribution in [0.15, 0.2) is 48.5 Å². The number of hydrogen-bond donors (Lipinski definition) is 1. The van der Waals surface area contributed by atoms with Crippen LogP contribution >= 0.6 is 11.6 Å². The first-order valence-electron chi connectivity index (χ1n) is 8.66. The summed E-state index contributed by atoms with van der Waals surface area (Å²) >= 11 is 5.90. The summed E-state index contributed by atoms with van der Waals surface area (Å²) in [4.78, 5) is 24.9.